The average molecular weight is 262 g/mol. The van der Waals surface area contributed by atoms with Crippen LogP contribution in [0.5, 0.6) is 0 Å². The van der Waals surface area contributed by atoms with Crippen molar-refractivity contribution in [1.82, 2.24) is 5.32 Å². The molecule has 1 saturated heterocycles. The normalized spacial score (nSPS) is 23.2. The van der Waals surface area contributed by atoms with Crippen LogP contribution in [0.2, 0.25) is 0 Å². The minimum Gasteiger partial charge on any atom is -0.395 e. The van der Waals surface area contributed by atoms with Crippen molar-refractivity contribution in [3.05, 3.63) is 29.3 Å². The van der Waals surface area contributed by atoms with Crippen LogP contribution in [0.1, 0.15) is 31.4 Å². The zero-order valence-corrected chi connectivity index (χ0v) is 12.5. The van der Waals surface area contributed by atoms with Gasteiger partial charge >= 0.3 is 0 Å². The zero-order chi connectivity index (χ0) is 14.0. The third kappa shape index (κ3) is 2.93. The fraction of sp³-hybridized carbons (Fsp3) is 0.625. The van der Waals surface area contributed by atoms with Gasteiger partial charge in [-0.15, -0.1) is 0 Å². The van der Waals surface area contributed by atoms with E-state index in [0.29, 0.717) is 0 Å². The van der Waals surface area contributed by atoms with E-state index in [2.05, 4.69) is 56.1 Å². The van der Waals surface area contributed by atoms with E-state index in [1.54, 1.807) is 0 Å². The monoisotopic (exact) mass is 262 g/mol. The summed E-state index contributed by atoms with van der Waals surface area (Å²) in [6.07, 6.45) is 1.08. The van der Waals surface area contributed by atoms with Gasteiger partial charge in [-0.3, -0.25) is 0 Å². The third-order valence-electron chi connectivity index (χ3n) is 4.39. The summed E-state index contributed by atoms with van der Waals surface area (Å²) < 4.78 is 0. The van der Waals surface area contributed by atoms with Gasteiger partial charge in [0.15, 0.2) is 0 Å². The van der Waals surface area contributed by atoms with Crippen molar-refractivity contribution in [1.29, 1.82) is 0 Å². The summed E-state index contributed by atoms with van der Waals surface area (Å²) in [6, 6.07) is 6.64. The molecular formula is C16H26N2O. The van der Waals surface area contributed by atoms with Gasteiger partial charge in [-0.2, -0.15) is 0 Å². The fourth-order valence-corrected chi connectivity index (χ4v) is 2.82. The lowest BCUT2D eigenvalue weighted by atomic mass is 9.95. The van der Waals surface area contributed by atoms with Crippen LogP contribution in [-0.2, 0) is 0 Å². The quantitative estimate of drug-likeness (QED) is 0.858. The molecular weight excluding hydrogens is 236 g/mol. The summed E-state index contributed by atoms with van der Waals surface area (Å²) in [7, 11) is 0. The van der Waals surface area contributed by atoms with Gasteiger partial charge in [-0.05, 0) is 57.9 Å². The highest BCUT2D eigenvalue weighted by atomic mass is 16.3. The molecule has 0 aromatic heterocycles. The Morgan fingerprint density at radius 2 is 2.11 bits per heavy atom. The van der Waals surface area contributed by atoms with E-state index < -0.39 is 0 Å². The van der Waals surface area contributed by atoms with Crippen molar-refractivity contribution in [3.8, 4) is 0 Å². The number of nitrogens with one attached hydrogen (secondary N) is 1. The molecule has 2 N–H and O–H groups in total. The van der Waals surface area contributed by atoms with Crippen LogP contribution >= 0.6 is 0 Å². The molecule has 1 atom stereocenters. The van der Waals surface area contributed by atoms with Crippen LogP contribution in [0, 0.1) is 13.8 Å². The predicted molar refractivity (Wildman–Crippen MR) is 80.8 cm³/mol. The molecule has 1 aliphatic heterocycles. The van der Waals surface area contributed by atoms with E-state index in [1.807, 2.05) is 0 Å². The molecule has 0 amide bonds. The number of hydrogen-bond acceptors (Lipinski definition) is 3. The molecule has 1 unspecified atom stereocenters. The second kappa shape index (κ2) is 5.51. The van der Waals surface area contributed by atoms with Crippen molar-refractivity contribution >= 4 is 5.69 Å². The van der Waals surface area contributed by atoms with Crippen LogP contribution in [0.3, 0.4) is 0 Å². The third-order valence-corrected chi connectivity index (χ3v) is 4.39. The van der Waals surface area contributed by atoms with Crippen molar-refractivity contribution in [2.45, 2.75) is 45.7 Å². The Kier molecular flexibility index (Phi) is 4.16. The Hall–Kier alpha value is -1.06. The predicted octanol–water partition coefficient (Wildman–Crippen LogP) is 2.24. The molecule has 1 aliphatic rings. The van der Waals surface area contributed by atoms with Gasteiger partial charge in [-0.25, -0.2) is 0 Å². The van der Waals surface area contributed by atoms with Crippen molar-refractivity contribution in [2.75, 3.05) is 24.6 Å². The average Bonchev–Trinajstić information content (AvgIpc) is 2.51. The van der Waals surface area contributed by atoms with E-state index in [4.69, 9.17) is 0 Å². The van der Waals surface area contributed by atoms with E-state index in [-0.39, 0.29) is 18.2 Å². The molecule has 1 aromatic rings. The molecule has 0 bridgehead atoms. The summed E-state index contributed by atoms with van der Waals surface area (Å²) in [5.41, 5.74) is 4.07. The second-order valence-corrected chi connectivity index (χ2v) is 6.23. The van der Waals surface area contributed by atoms with E-state index in [9.17, 15) is 5.11 Å². The maximum atomic E-state index is 9.49. The van der Waals surface area contributed by atoms with Crippen LogP contribution in [0.25, 0.3) is 0 Å². The zero-order valence-electron chi connectivity index (χ0n) is 12.5. The molecule has 3 heteroatoms. The topological polar surface area (TPSA) is 35.5 Å². The van der Waals surface area contributed by atoms with Gasteiger partial charge in [0.1, 0.15) is 0 Å². The summed E-state index contributed by atoms with van der Waals surface area (Å²) >= 11 is 0. The number of hydrogen-bond donors (Lipinski definition) is 2. The van der Waals surface area contributed by atoms with Crippen LogP contribution in [-0.4, -0.2) is 36.4 Å². The van der Waals surface area contributed by atoms with Crippen molar-refractivity contribution in [2.24, 2.45) is 0 Å². The second-order valence-electron chi connectivity index (χ2n) is 6.23. The number of aryl methyl sites for hydroxylation is 1. The maximum absolute atomic E-state index is 9.49. The van der Waals surface area contributed by atoms with Gasteiger partial charge in [-0.1, -0.05) is 12.1 Å². The molecule has 0 saturated carbocycles. The Morgan fingerprint density at radius 3 is 2.79 bits per heavy atom. The lowest BCUT2D eigenvalue weighted by Gasteiger charge is -2.41. The maximum Gasteiger partial charge on any atom is 0.0601 e. The number of aliphatic hydroxyl groups is 1. The molecule has 1 aromatic carbocycles. The standard InChI is InChI=1S/C16H26N2O/c1-12-6-5-7-15(13(12)2)18-10-14(11-19)17-9-8-16(18,3)4/h5-7,14,17,19H,8-11H2,1-4H3. The van der Waals surface area contributed by atoms with Crippen molar-refractivity contribution in [3.63, 3.8) is 0 Å². The van der Waals surface area contributed by atoms with E-state index >= 15 is 0 Å². The van der Waals surface area contributed by atoms with Gasteiger partial charge < -0.3 is 15.3 Å². The number of anilines is 1. The van der Waals surface area contributed by atoms with E-state index in [0.717, 1.165) is 19.5 Å². The first-order chi connectivity index (χ1) is 8.95. The molecule has 1 fully saturated rings. The molecule has 19 heavy (non-hydrogen) atoms. The molecule has 0 radical (unpaired) electrons. The highest BCUT2D eigenvalue weighted by molar-refractivity contribution is 5.58. The molecule has 1 heterocycles. The summed E-state index contributed by atoms with van der Waals surface area (Å²) in [5, 5.41) is 12.9. The summed E-state index contributed by atoms with van der Waals surface area (Å²) in [5.74, 6) is 0. The fourth-order valence-electron chi connectivity index (χ4n) is 2.82. The first kappa shape index (κ1) is 14.4. The van der Waals surface area contributed by atoms with Gasteiger partial charge in [0.05, 0.1) is 6.61 Å². The van der Waals surface area contributed by atoms with Crippen LogP contribution in [0.15, 0.2) is 18.2 Å². The molecule has 106 valence electrons. The van der Waals surface area contributed by atoms with Crippen LogP contribution in [0.4, 0.5) is 5.69 Å². The smallest absolute Gasteiger partial charge is 0.0601 e. The minimum atomic E-state index is 0.107. The van der Waals surface area contributed by atoms with Crippen molar-refractivity contribution < 1.29 is 5.11 Å². The Morgan fingerprint density at radius 1 is 1.37 bits per heavy atom. The molecule has 2 rings (SSSR count). The molecule has 0 spiro atoms. The van der Waals surface area contributed by atoms with Gasteiger partial charge in [0.2, 0.25) is 0 Å². The first-order valence-corrected chi connectivity index (χ1v) is 7.14. The minimum absolute atomic E-state index is 0.107. The number of rotatable bonds is 2. The lowest BCUT2D eigenvalue weighted by Crippen LogP contribution is -2.48. The highest BCUT2D eigenvalue weighted by Gasteiger charge is 2.32. The first-order valence-electron chi connectivity index (χ1n) is 7.14. The number of nitrogens with zero attached hydrogens (tertiary/aromatic N) is 1. The Labute approximate surface area is 116 Å². The van der Waals surface area contributed by atoms with Gasteiger partial charge in [0, 0.05) is 23.8 Å². The molecule has 3 nitrogen and oxygen atoms in total. The molecule has 0 aliphatic carbocycles. The lowest BCUT2D eigenvalue weighted by molar-refractivity contribution is 0.248. The highest BCUT2D eigenvalue weighted by Crippen LogP contribution is 2.32. The Bertz CT molecular complexity index is 442. The summed E-state index contributed by atoms with van der Waals surface area (Å²) in [4.78, 5) is 2.45. The van der Waals surface area contributed by atoms with Crippen LogP contribution < -0.4 is 10.2 Å². The summed E-state index contributed by atoms with van der Waals surface area (Å²) in [6.45, 7) is 10.9. The largest absolute Gasteiger partial charge is 0.395 e. The SMILES string of the molecule is Cc1cccc(N2CC(CO)NCCC2(C)C)c1C. The van der Waals surface area contributed by atoms with Gasteiger partial charge in [0.25, 0.3) is 0 Å². The van der Waals surface area contributed by atoms with E-state index in [1.165, 1.54) is 16.8 Å². The Balaban J connectivity index is 2.40. The number of aliphatic hydroxyl groups excluding tert-OH is 1. The number of benzene rings is 1.